The predicted octanol–water partition coefficient (Wildman–Crippen LogP) is 2.01. The molecule has 1 amide bonds. The average Bonchev–Trinajstić information content (AvgIpc) is 2.58. The molecular weight excluding hydrogens is 244 g/mol. The molecule has 0 atom stereocenters. The van der Waals surface area contributed by atoms with Gasteiger partial charge in [-0.2, -0.15) is 0 Å². The second kappa shape index (κ2) is 6.89. The van der Waals surface area contributed by atoms with Crippen molar-refractivity contribution in [2.75, 3.05) is 27.2 Å². The Kier molecular flexibility index (Phi) is 5.80. The summed E-state index contributed by atoms with van der Waals surface area (Å²) in [6, 6.07) is 3.72. The lowest BCUT2D eigenvalue weighted by atomic mass is 10.3. The van der Waals surface area contributed by atoms with Crippen molar-refractivity contribution >= 4 is 28.8 Å². The minimum Gasteiger partial charge on any atom is -0.356 e. The molecule has 90 valence electrons. The van der Waals surface area contributed by atoms with Crippen molar-refractivity contribution in [3.63, 3.8) is 0 Å². The van der Waals surface area contributed by atoms with Gasteiger partial charge in [-0.05, 0) is 39.2 Å². The summed E-state index contributed by atoms with van der Waals surface area (Å²) >= 11 is 7.24. The van der Waals surface area contributed by atoms with Crippen LogP contribution in [0.3, 0.4) is 0 Å². The highest BCUT2D eigenvalue weighted by Gasteiger charge is 2.05. The maximum Gasteiger partial charge on any atom is 0.225 e. The number of amides is 1. The van der Waals surface area contributed by atoms with E-state index in [0.29, 0.717) is 6.42 Å². The Balaban J connectivity index is 2.16. The zero-order valence-electron chi connectivity index (χ0n) is 9.62. The van der Waals surface area contributed by atoms with E-state index in [-0.39, 0.29) is 5.91 Å². The molecule has 0 aliphatic rings. The second-order valence-electron chi connectivity index (χ2n) is 3.89. The first-order valence-electron chi connectivity index (χ1n) is 5.23. The summed E-state index contributed by atoms with van der Waals surface area (Å²) in [5.41, 5.74) is 0. The van der Waals surface area contributed by atoms with Gasteiger partial charge in [-0.15, -0.1) is 11.3 Å². The third-order valence-electron chi connectivity index (χ3n) is 2.07. The summed E-state index contributed by atoms with van der Waals surface area (Å²) in [5.74, 6) is 0.0669. The molecule has 0 bridgehead atoms. The van der Waals surface area contributed by atoms with Gasteiger partial charge in [0.1, 0.15) is 0 Å². The van der Waals surface area contributed by atoms with Gasteiger partial charge in [-0.25, -0.2) is 0 Å². The zero-order valence-corrected chi connectivity index (χ0v) is 11.2. The number of carbonyl (C=O) groups excluding carboxylic acids is 1. The van der Waals surface area contributed by atoms with Crippen LogP contribution in [0.1, 0.15) is 11.3 Å². The maximum absolute atomic E-state index is 11.5. The van der Waals surface area contributed by atoms with Gasteiger partial charge in [0.2, 0.25) is 5.91 Å². The van der Waals surface area contributed by atoms with E-state index in [1.165, 1.54) is 11.3 Å². The molecule has 1 N–H and O–H groups in total. The zero-order chi connectivity index (χ0) is 12.0. The number of hydrogen-bond donors (Lipinski definition) is 1. The van der Waals surface area contributed by atoms with Gasteiger partial charge >= 0.3 is 0 Å². The van der Waals surface area contributed by atoms with Crippen molar-refractivity contribution in [1.82, 2.24) is 10.2 Å². The van der Waals surface area contributed by atoms with Gasteiger partial charge < -0.3 is 10.2 Å². The summed E-state index contributed by atoms with van der Waals surface area (Å²) < 4.78 is 0.732. The molecule has 1 heterocycles. The lowest BCUT2D eigenvalue weighted by molar-refractivity contribution is -0.120. The smallest absolute Gasteiger partial charge is 0.225 e. The Bertz CT molecular complexity index is 338. The molecule has 1 aromatic heterocycles. The number of nitrogens with zero attached hydrogens (tertiary/aromatic N) is 1. The van der Waals surface area contributed by atoms with Gasteiger partial charge in [0.15, 0.2) is 0 Å². The number of thiophene rings is 1. The summed E-state index contributed by atoms with van der Waals surface area (Å²) in [6.07, 6.45) is 1.41. The highest BCUT2D eigenvalue weighted by Crippen LogP contribution is 2.21. The molecule has 0 fully saturated rings. The van der Waals surface area contributed by atoms with Crippen LogP contribution in [0.25, 0.3) is 0 Å². The molecule has 0 saturated carbocycles. The monoisotopic (exact) mass is 260 g/mol. The number of rotatable bonds is 6. The second-order valence-corrected chi connectivity index (χ2v) is 5.69. The Hall–Kier alpha value is -0.580. The molecule has 0 aromatic carbocycles. The molecule has 16 heavy (non-hydrogen) atoms. The van der Waals surface area contributed by atoms with Gasteiger partial charge in [0.25, 0.3) is 0 Å². The first kappa shape index (κ1) is 13.5. The largest absolute Gasteiger partial charge is 0.356 e. The molecule has 1 rings (SSSR count). The molecular formula is C11H17ClN2OS. The van der Waals surface area contributed by atoms with Crippen LogP contribution >= 0.6 is 22.9 Å². The van der Waals surface area contributed by atoms with Gasteiger partial charge in [0.05, 0.1) is 10.8 Å². The highest BCUT2D eigenvalue weighted by molar-refractivity contribution is 7.16. The predicted molar refractivity (Wildman–Crippen MR) is 69.2 cm³/mol. The topological polar surface area (TPSA) is 32.3 Å². The minimum absolute atomic E-state index is 0.0669. The van der Waals surface area contributed by atoms with Crippen LogP contribution in [0.5, 0.6) is 0 Å². The Morgan fingerprint density at radius 1 is 1.50 bits per heavy atom. The molecule has 1 aromatic rings. The average molecular weight is 261 g/mol. The van der Waals surface area contributed by atoms with Gasteiger partial charge in [-0.3, -0.25) is 4.79 Å². The fourth-order valence-electron chi connectivity index (χ4n) is 1.29. The standard InChI is InChI=1S/C11H17ClN2OS/c1-14(2)7-3-6-13-11(15)8-9-4-5-10(12)16-9/h4-5H,3,6-8H2,1-2H3,(H,13,15). The Labute approximate surface area is 105 Å². The van der Waals surface area contributed by atoms with Crippen LogP contribution in [-0.2, 0) is 11.2 Å². The third kappa shape index (κ3) is 5.49. The molecule has 0 aliphatic carbocycles. The molecule has 0 unspecified atom stereocenters. The summed E-state index contributed by atoms with van der Waals surface area (Å²) in [4.78, 5) is 14.6. The van der Waals surface area contributed by atoms with E-state index in [1.807, 2.05) is 26.2 Å². The fraction of sp³-hybridized carbons (Fsp3) is 0.545. The third-order valence-corrected chi connectivity index (χ3v) is 3.30. The van der Waals surface area contributed by atoms with Crippen LogP contribution in [-0.4, -0.2) is 38.0 Å². The van der Waals surface area contributed by atoms with E-state index in [1.54, 1.807) is 0 Å². The summed E-state index contributed by atoms with van der Waals surface area (Å²) in [6.45, 7) is 1.72. The van der Waals surface area contributed by atoms with E-state index in [2.05, 4.69) is 10.2 Å². The fourth-order valence-corrected chi connectivity index (χ4v) is 2.38. The van der Waals surface area contributed by atoms with Crippen LogP contribution in [0, 0.1) is 0 Å². The van der Waals surface area contributed by atoms with E-state index in [9.17, 15) is 4.79 Å². The quantitative estimate of drug-likeness (QED) is 0.794. The van der Waals surface area contributed by atoms with Crippen molar-refractivity contribution < 1.29 is 4.79 Å². The number of halogens is 1. The summed E-state index contributed by atoms with van der Waals surface area (Å²) in [5, 5.41) is 2.89. The highest BCUT2D eigenvalue weighted by atomic mass is 35.5. The van der Waals surface area contributed by atoms with E-state index in [4.69, 9.17) is 11.6 Å². The normalized spacial score (nSPS) is 10.8. The number of carbonyl (C=O) groups is 1. The molecule has 0 spiro atoms. The van der Waals surface area contributed by atoms with Crippen molar-refractivity contribution in [3.05, 3.63) is 21.3 Å². The SMILES string of the molecule is CN(C)CCCNC(=O)Cc1ccc(Cl)s1. The lowest BCUT2D eigenvalue weighted by Crippen LogP contribution is -2.28. The lowest BCUT2D eigenvalue weighted by Gasteiger charge is -2.09. The van der Waals surface area contributed by atoms with Crippen LogP contribution in [0.15, 0.2) is 12.1 Å². The van der Waals surface area contributed by atoms with Crippen LogP contribution in [0.2, 0.25) is 4.34 Å². The van der Waals surface area contributed by atoms with Crippen molar-refractivity contribution in [1.29, 1.82) is 0 Å². The van der Waals surface area contributed by atoms with Crippen molar-refractivity contribution in [3.8, 4) is 0 Å². The molecule has 0 aliphatic heterocycles. The molecule has 0 saturated heterocycles. The first-order valence-corrected chi connectivity index (χ1v) is 6.43. The van der Waals surface area contributed by atoms with E-state index in [0.717, 1.165) is 28.7 Å². The minimum atomic E-state index is 0.0669. The Morgan fingerprint density at radius 2 is 2.25 bits per heavy atom. The van der Waals surface area contributed by atoms with Crippen molar-refractivity contribution in [2.45, 2.75) is 12.8 Å². The summed E-state index contributed by atoms with van der Waals surface area (Å²) in [7, 11) is 4.05. The number of hydrogen-bond acceptors (Lipinski definition) is 3. The van der Waals surface area contributed by atoms with Crippen LogP contribution < -0.4 is 5.32 Å². The van der Waals surface area contributed by atoms with Crippen LogP contribution in [0.4, 0.5) is 0 Å². The van der Waals surface area contributed by atoms with E-state index < -0.39 is 0 Å². The molecule has 0 radical (unpaired) electrons. The maximum atomic E-state index is 11.5. The molecule has 3 nitrogen and oxygen atoms in total. The van der Waals surface area contributed by atoms with Gasteiger partial charge in [0, 0.05) is 11.4 Å². The molecule has 5 heteroatoms. The first-order chi connectivity index (χ1) is 7.58. The van der Waals surface area contributed by atoms with Crippen molar-refractivity contribution in [2.24, 2.45) is 0 Å². The van der Waals surface area contributed by atoms with E-state index >= 15 is 0 Å². The number of nitrogens with one attached hydrogen (secondary N) is 1. The van der Waals surface area contributed by atoms with Gasteiger partial charge in [-0.1, -0.05) is 11.6 Å². The Morgan fingerprint density at radius 3 is 2.81 bits per heavy atom.